The van der Waals surface area contributed by atoms with Crippen molar-refractivity contribution in [2.45, 2.75) is 33.4 Å². The summed E-state index contributed by atoms with van der Waals surface area (Å²) in [5.74, 6) is -0.153. The number of hydrogen-bond donors (Lipinski definition) is 1. The van der Waals surface area contributed by atoms with Crippen LogP contribution >= 0.6 is 11.3 Å². The molecular formula is C23H23N5O3S. The molecule has 0 aliphatic carbocycles. The zero-order valence-electron chi connectivity index (χ0n) is 18.0. The van der Waals surface area contributed by atoms with Crippen LogP contribution < -0.4 is 5.32 Å². The van der Waals surface area contributed by atoms with Crippen LogP contribution in [-0.4, -0.2) is 25.2 Å². The Labute approximate surface area is 189 Å². The highest BCUT2D eigenvalue weighted by Gasteiger charge is 2.22. The molecule has 1 unspecified atom stereocenters. The molecular weight excluding hydrogens is 426 g/mol. The fourth-order valence-electron chi connectivity index (χ4n) is 3.67. The summed E-state index contributed by atoms with van der Waals surface area (Å²) >= 11 is 1.35. The van der Waals surface area contributed by atoms with E-state index in [0.717, 1.165) is 16.8 Å². The summed E-state index contributed by atoms with van der Waals surface area (Å²) < 4.78 is 3.62. The Morgan fingerprint density at radius 2 is 1.97 bits per heavy atom. The molecule has 0 spiro atoms. The van der Waals surface area contributed by atoms with E-state index in [1.807, 2.05) is 65.7 Å². The standard InChI is InChI=1S/C23H23N5O3S/c1-15(19-7-6-8-20(12-19)26-9-4-5-10-26)24-23(29)21-11-18(14-32-21)13-27-17(3)22(28(30)31)16(2)25-27/h4-12,14-15H,13H2,1-3H3,(H,24,29). The maximum atomic E-state index is 12.8. The van der Waals surface area contributed by atoms with Crippen LogP contribution in [0.1, 0.15) is 45.2 Å². The number of amides is 1. The first-order chi connectivity index (χ1) is 15.3. The molecule has 0 aliphatic rings. The normalized spacial score (nSPS) is 12.0. The van der Waals surface area contributed by atoms with Gasteiger partial charge in [0.15, 0.2) is 0 Å². The summed E-state index contributed by atoms with van der Waals surface area (Å²) in [5, 5.41) is 20.4. The van der Waals surface area contributed by atoms with Crippen LogP contribution in [0.15, 0.2) is 60.2 Å². The second-order valence-corrected chi connectivity index (χ2v) is 8.55. The molecule has 3 heterocycles. The number of rotatable bonds is 7. The average molecular weight is 450 g/mol. The number of thiophene rings is 1. The number of aryl methyl sites for hydroxylation is 1. The third kappa shape index (κ3) is 4.33. The van der Waals surface area contributed by atoms with E-state index in [2.05, 4.69) is 16.5 Å². The third-order valence-electron chi connectivity index (χ3n) is 5.36. The number of aromatic nitrogens is 3. The van der Waals surface area contributed by atoms with E-state index in [4.69, 9.17) is 0 Å². The molecule has 1 aromatic carbocycles. The Bertz CT molecular complexity index is 1270. The zero-order chi connectivity index (χ0) is 22.8. The summed E-state index contributed by atoms with van der Waals surface area (Å²) in [5.41, 5.74) is 3.84. The number of benzene rings is 1. The minimum atomic E-state index is -0.409. The predicted molar refractivity (Wildman–Crippen MR) is 123 cm³/mol. The summed E-state index contributed by atoms with van der Waals surface area (Å²) in [6, 6.07) is 13.6. The molecule has 1 amide bonds. The topological polar surface area (TPSA) is 95.0 Å². The maximum Gasteiger partial charge on any atom is 0.312 e. The van der Waals surface area contributed by atoms with Crippen LogP contribution in [0.5, 0.6) is 0 Å². The fraction of sp³-hybridized carbons (Fsp3) is 0.217. The van der Waals surface area contributed by atoms with E-state index >= 15 is 0 Å². The number of nitrogens with zero attached hydrogens (tertiary/aromatic N) is 4. The lowest BCUT2D eigenvalue weighted by atomic mass is 10.1. The second kappa shape index (κ2) is 8.80. The van der Waals surface area contributed by atoms with Gasteiger partial charge in [0.1, 0.15) is 11.4 Å². The van der Waals surface area contributed by atoms with Gasteiger partial charge in [0.05, 0.1) is 22.4 Å². The zero-order valence-corrected chi connectivity index (χ0v) is 18.8. The number of nitro groups is 1. The Balaban J connectivity index is 1.45. The third-order valence-corrected chi connectivity index (χ3v) is 6.33. The van der Waals surface area contributed by atoms with Gasteiger partial charge in [-0.05, 0) is 67.6 Å². The van der Waals surface area contributed by atoms with Gasteiger partial charge in [-0.1, -0.05) is 12.1 Å². The summed E-state index contributed by atoms with van der Waals surface area (Å²) in [6.07, 6.45) is 3.96. The Kier molecular flexibility index (Phi) is 5.91. The van der Waals surface area contributed by atoms with Gasteiger partial charge in [-0.2, -0.15) is 5.10 Å². The largest absolute Gasteiger partial charge is 0.345 e. The van der Waals surface area contributed by atoms with Gasteiger partial charge in [-0.3, -0.25) is 19.6 Å². The van der Waals surface area contributed by atoms with Crippen LogP contribution in [0, 0.1) is 24.0 Å². The maximum absolute atomic E-state index is 12.8. The van der Waals surface area contributed by atoms with Crippen LogP contribution in [-0.2, 0) is 6.54 Å². The first-order valence-electron chi connectivity index (χ1n) is 10.1. The van der Waals surface area contributed by atoms with Gasteiger partial charge >= 0.3 is 5.69 Å². The SMILES string of the molecule is Cc1nn(Cc2csc(C(=O)NC(C)c3cccc(-n4cccc4)c3)c2)c(C)c1[N+](=O)[O-]. The predicted octanol–water partition coefficient (Wildman–Crippen LogP) is 4.80. The first kappa shape index (κ1) is 21.5. The van der Waals surface area contributed by atoms with Gasteiger partial charge in [0.2, 0.25) is 0 Å². The van der Waals surface area contributed by atoms with E-state index < -0.39 is 4.92 Å². The smallest absolute Gasteiger partial charge is 0.312 e. The molecule has 32 heavy (non-hydrogen) atoms. The van der Waals surface area contributed by atoms with E-state index in [9.17, 15) is 14.9 Å². The van der Waals surface area contributed by atoms with Crippen molar-refractivity contribution in [3.63, 3.8) is 0 Å². The molecule has 0 fully saturated rings. The Morgan fingerprint density at radius 3 is 2.66 bits per heavy atom. The van der Waals surface area contributed by atoms with Gasteiger partial charge in [-0.15, -0.1) is 11.3 Å². The lowest BCUT2D eigenvalue weighted by Gasteiger charge is -2.15. The van der Waals surface area contributed by atoms with E-state index in [-0.39, 0.29) is 17.6 Å². The molecule has 8 nitrogen and oxygen atoms in total. The van der Waals surface area contributed by atoms with Crippen molar-refractivity contribution in [2.24, 2.45) is 0 Å². The summed E-state index contributed by atoms with van der Waals surface area (Å²) in [4.78, 5) is 24.2. The van der Waals surface area contributed by atoms with Gasteiger partial charge in [0, 0.05) is 18.1 Å². The van der Waals surface area contributed by atoms with Crippen molar-refractivity contribution < 1.29 is 9.72 Å². The minimum Gasteiger partial charge on any atom is -0.345 e. The number of nitrogens with one attached hydrogen (secondary N) is 1. The lowest BCUT2D eigenvalue weighted by Crippen LogP contribution is -2.26. The van der Waals surface area contributed by atoms with Crippen molar-refractivity contribution in [3.05, 3.63) is 97.7 Å². The second-order valence-electron chi connectivity index (χ2n) is 7.63. The molecule has 4 aromatic rings. The van der Waals surface area contributed by atoms with Gasteiger partial charge in [0.25, 0.3) is 5.91 Å². The van der Waals surface area contributed by atoms with Crippen molar-refractivity contribution in [2.75, 3.05) is 0 Å². The van der Waals surface area contributed by atoms with Crippen LogP contribution in [0.3, 0.4) is 0 Å². The highest BCUT2D eigenvalue weighted by molar-refractivity contribution is 7.12. The highest BCUT2D eigenvalue weighted by atomic mass is 32.1. The molecule has 0 saturated heterocycles. The molecule has 1 N–H and O–H groups in total. The molecule has 9 heteroatoms. The Hall–Kier alpha value is -3.72. The monoisotopic (exact) mass is 449 g/mol. The molecule has 3 aromatic heterocycles. The van der Waals surface area contributed by atoms with E-state index in [1.54, 1.807) is 18.5 Å². The Morgan fingerprint density at radius 1 is 1.22 bits per heavy atom. The van der Waals surface area contributed by atoms with Crippen LogP contribution in [0.25, 0.3) is 5.69 Å². The van der Waals surface area contributed by atoms with Crippen molar-refractivity contribution in [1.82, 2.24) is 19.7 Å². The average Bonchev–Trinajstić information content (AvgIpc) is 3.50. The highest BCUT2D eigenvalue weighted by Crippen LogP contribution is 2.24. The lowest BCUT2D eigenvalue weighted by molar-refractivity contribution is -0.386. The van der Waals surface area contributed by atoms with Crippen LogP contribution in [0.2, 0.25) is 0 Å². The van der Waals surface area contributed by atoms with E-state index in [1.165, 1.54) is 11.3 Å². The molecule has 0 aliphatic heterocycles. The quantitative estimate of drug-likeness (QED) is 0.324. The van der Waals surface area contributed by atoms with Gasteiger partial charge < -0.3 is 9.88 Å². The first-order valence-corrected chi connectivity index (χ1v) is 11.0. The van der Waals surface area contributed by atoms with Crippen molar-refractivity contribution >= 4 is 22.9 Å². The molecule has 4 rings (SSSR count). The molecule has 0 radical (unpaired) electrons. The summed E-state index contributed by atoms with van der Waals surface area (Å²) in [7, 11) is 0. The number of carbonyl (C=O) groups is 1. The van der Waals surface area contributed by atoms with Crippen LogP contribution in [0.4, 0.5) is 5.69 Å². The molecule has 164 valence electrons. The number of carbonyl (C=O) groups excluding carboxylic acids is 1. The molecule has 0 saturated carbocycles. The minimum absolute atomic E-state index is 0.0363. The molecule has 1 atom stereocenters. The number of hydrogen-bond acceptors (Lipinski definition) is 5. The van der Waals surface area contributed by atoms with Crippen molar-refractivity contribution in [1.29, 1.82) is 0 Å². The van der Waals surface area contributed by atoms with Gasteiger partial charge in [-0.25, -0.2) is 0 Å². The van der Waals surface area contributed by atoms with E-state index in [0.29, 0.717) is 22.8 Å². The summed E-state index contributed by atoms with van der Waals surface area (Å²) in [6.45, 7) is 5.64. The van der Waals surface area contributed by atoms with Crippen molar-refractivity contribution in [3.8, 4) is 5.69 Å². The molecule has 0 bridgehead atoms. The fourth-order valence-corrected chi connectivity index (χ4v) is 4.47.